The van der Waals surface area contributed by atoms with Crippen molar-refractivity contribution >= 4 is 11.6 Å². The molecule has 2 N–H and O–H groups in total. The first-order valence-electron chi connectivity index (χ1n) is 6.70. The Morgan fingerprint density at radius 3 is 2.80 bits per heavy atom. The summed E-state index contributed by atoms with van der Waals surface area (Å²) in [6.45, 7) is 1.60. The number of aliphatic hydroxyl groups is 1. The number of rotatable bonds is 6. The lowest BCUT2D eigenvalue weighted by molar-refractivity contribution is -0.385. The molecule has 0 radical (unpaired) electrons. The fraction of sp³-hybridized carbons (Fsp3) is 0.500. The van der Waals surface area contributed by atoms with Crippen LogP contribution in [0.25, 0.3) is 0 Å². The number of amides is 1. The highest BCUT2D eigenvalue weighted by molar-refractivity contribution is 5.96. The second-order valence-corrected chi connectivity index (χ2v) is 5.14. The van der Waals surface area contributed by atoms with Gasteiger partial charge in [-0.25, -0.2) is 0 Å². The van der Waals surface area contributed by atoms with Gasteiger partial charge in [0.05, 0.1) is 4.92 Å². The summed E-state index contributed by atoms with van der Waals surface area (Å²) >= 11 is 0. The van der Waals surface area contributed by atoms with Crippen LogP contribution in [0.15, 0.2) is 18.2 Å². The highest BCUT2D eigenvalue weighted by Gasteiger charge is 2.32. The zero-order chi connectivity index (χ0) is 14.7. The minimum absolute atomic E-state index is 0.0232. The van der Waals surface area contributed by atoms with Gasteiger partial charge in [0, 0.05) is 29.8 Å². The third-order valence-corrected chi connectivity index (χ3v) is 3.69. The van der Waals surface area contributed by atoms with Crippen LogP contribution in [0.4, 0.5) is 5.69 Å². The molecule has 1 unspecified atom stereocenters. The molecule has 6 heteroatoms. The van der Waals surface area contributed by atoms with Gasteiger partial charge < -0.3 is 10.4 Å². The molecule has 1 aromatic carbocycles. The van der Waals surface area contributed by atoms with E-state index in [0.29, 0.717) is 23.5 Å². The van der Waals surface area contributed by atoms with Gasteiger partial charge in [-0.05, 0) is 38.2 Å². The van der Waals surface area contributed by atoms with Crippen LogP contribution in [0.2, 0.25) is 0 Å². The Hall–Kier alpha value is -1.95. The smallest absolute Gasteiger partial charge is 0.273 e. The monoisotopic (exact) mass is 278 g/mol. The molecule has 0 heterocycles. The predicted octanol–water partition coefficient (Wildman–Crippen LogP) is 1.79. The van der Waals surface area contributed by atoms with Crippen LogP contribution in [-0.2, 0) is 0 Å². The number of nitro groups is 1. The maximum absolute atomic E-state index is 12.2. The number of nitro benzene ring substituents is 1. The second-order valence-electron chi connectivity index (χ2n) is 5.14. The van der Waals surface area contributed by atoms with Crippen LogP contribution in [-0.4, -0.2) is 28.6 Å². The summed E-state index contributed by atoms with van der Waals surface area (Å²) in [7, 11) is 0. The first kappa shape index (κ1) is 14.5. The molecule has 1 fully saturated rings. The van der Waals surface area contributed by atoms with Gasteiger partial charge in [0.1, 0.15) is 0 Å². The molecular weight excluding hydrogens is 260 g/mol. The van der Waals surface area contributed by atoms with Crippen LogP contribution in [0, 0.1) is 23.0 Å². The maximum atomic E-state index is 12.2. The van der Waals surface area contributed by atoms with Gasteiger partial charge in [0.15, 0.2) is 0 Å². The minimum Gasteiger partial charge on any atom is -0.396 e. The van der Waals surface area contributed by atoms with E-state index in [-0.39, 0.29) is 24.2 Å². The fourth-order valence-electron chi connectivity index (χ4n) is 2.38. The Bertz CT molecular complexity index is 526. The van der Waals surface area contributed by atoms with Crippen molar-refractivity contribution in [1.82, 2.24) is 5.32 Å². The molecule has 0 bridgehead atoms. The Morgan fingerprint density at radius 1 is 1.55 bits per heavy atom. The molecule has 0 aromatic heterocycles. The van der Waals surface area contributed by atoms with E-state index in [1.807, 2.05) is 0 Å². The van der Waals surface area contributed by atoms with E-state index in [1.165, 1.54) is 12.1 Å². The van der Waals surface area contributed by atoms with E-state index >= 15 is 0 Å². The number of hydrogen-bond donors (Lipinski definition) is 2. The lowest BCUT2D eigenvalue weighted by Crippen LogP contribution is -2.37. The summed E-state index contributed by atoms with van der Waals surface area (Å²) in [5.74, 6) is 0.113. The van der Waals surface area contributed by atoms with Gasteiger partial charge in [0.2, 0.25) is 0 Å². The summed E-state index contributed by atoms with van der Waals surface area (Å²) in [4.78, 5) is 22.6. The topological polar surface area (TPSA) is 92.5 Å². The number of carbonyl (C=O) groups is 1. The number of aliphatic hydroxyl groups excluding tert-OH is 1. The van der Waals surface area contributed by atoms with Crippen molar-refractivity contribution in [1.29, 1.82) is 0 Å². The maximum Gasteiger partial charge on any atom is 0.273 e. The average Bonchev–Trinajstić information content (AvgIpc) is 3.22. The number of carbonyl (C=O) groups excluding carboxylic acids is 1. The highest BCUT2D eigenvalue weighted by atomic mass is 16.6. The third kappa shape index (κ3) is 3.14. The van der Waals surface area contributed by atoms with Crippen molar-refractivity contribution in [3.8, 4) is 0 Å². The Morgan fingerprint density at radius 2 is 2.25 bits per heavy atom. The van der Waals surface area contributed by atoms with Crippen LogP contribution in [0.3, 0.4) is 0 Å². The van der Waals surface area contributed by atoms with Crippen LogP contribution >= 0.6 is 0 Å². The van der Waals surface area contributed by atoms with E-state index < -0.39 is 4.92 Å². The lowest BCUT2D eigenvalue weighted by atomic mass is 10.0. The van der Waals surface area contributed by atoms with Gasteiger partial charge in [-0.3, -0.25) is 14.9 Å². The van der Waals surface area contributed by atoms with Crippen LogP contribution < -0.4 is 5.32 Å². The molecule has 0 spiro atoms. The van der Waals surface area contributed by atoms with Crippen molar-refractivity contribution < 1.29 is 14.8 Å². The molecule has 1 amide bonds. The molecule has 108 valence electrons. The number of benzene rings is 1. The van der Waals surface area contributed by atoms with Gasteiger partial charge >= 0.3 is 0 Å². The SMILES string of the molecule is Cc1c(C(=O)NC(CCO)C2CC2)cccc1[N+](=O)[O-]. The van der Waals surface area contributed by atoms with E-state index in [2.05, 4.69) is 5.32 Å². The minimum atomic E-state index is -0.488. The lowest BCUT2D eigenvalue weighted by Gasteiger charge is -2.17. The fourth-order valence-corrected chi connectivity index (χ4v) is 2.38. The van der Waals surface area contributed by atoms with Crippen LogP contribution in [0.5, 0.6) is 0 Å². The molecule has 1 saturated carbocycles. The van der Waals surface area contributed by atoms with Crippen molar-refractivity contribution in [2.24, 2.45) is 5.92 Å². The Labute approximate surface area is 117 Å². The van der Waals surface area contributed by atoms with Gasteiger partial charge in [-0.15, -0.1) is 0 Å². The standard InChI is InChI=1S/C14H18N2O4/c1-9-11(3-2-4-13(9)16(19)20)14(18)15-12(7-8-17)10-5-6-10/h2-4,10,12,17H,5-8H2,1H3,(H,15,18). The second kappa shape index (κ2) is 6.00. The van der Waals surface area contributed by atoms with Gasteiger partial charge in [0.25, 0.3) is 11.6 Å². The molecule has 1 atom stereocenters. The summed E-state index contributed by atoms with van der Waals surface area (Å²) in [6, 6.07) is 4.43. The first-order valence-corrected chi connectivity index (χ1v) is 6.70. The Balaban J connectivity index is 2.16. The Kier molecular flexibility index (Phi) is 4.34. The first-order chi connectivity index (χ1) is 9.54. The molecule has 1 aliphatic rings. The number of nitrogens with one attached hydrogen (secondary N) is 1. The largest absolute Gasteiger partial charge is 0.396 e. The number of nitrogens with zero attached hydrogens (tertiary/aromatic N) is 1. The van der Waals surface area contributed by atoms with Crippen molar-refractivity contribution in [2.75, 3.05) is 6.61 Å². The zero-order valence-electron chi connectivity index (χ0n) is 11.3. The molecule has 2 rings (SSSR count). The van der Waals surface area contributed by atoms with E-state index in [0.717, 1.165) is 12.8 Å². The summed E-state index contributed by atoms with van der Waals surface area (Å²) in [6.07, 6.45) is 2.63. The molecule has 0 aliphatic heterocycles. The van der Waals surface area contributed by atoms with Gasteiger partial charge in [-0.2, -0.15) is 0 Å². The number of hydrogen-bond acceptors (Lipinski definition) is 4. The molecular formula is C14H18N2O4. The van der Waals surface area contributed by atoms with Crippen molar-refractivity contribution in [2.45, 2.75) is 32.2 Å². The summed E-state index contributed by atoms with van der Waals surface area (Å²) in [5.41, 5.74) is 0.638. The van der Waals surface area contributed by atoms with E-state index in [4.69, 9.17) is 5.11 Å². The zero-order valence-corrected chi connectivity index (χ0v) is 11.3. The van der Waals surface area contributed by atoms with Crippen LogP contribution in [0.1, 0.15) is 35.2 Å². The average molecular weight is 278 g/mol. The van der Waals surface area contributed by atoms with Crippen molar-refractivity contribution in [3.63, 3.8) is 0 Å². The molecule has 20 heavy (non-hydrogen) atoms. The molecule has 1 aromatic rings. The predicted molar refractivity (Wildman–Crippen MR) is 73.5 cm³/mol. The molecule has 6 nitrogen and oxygen atoms in total. The van der Waals surface area contributed by atoms with E-state index in [1.54, 1.807) is 13.0 Å². The van der Waals surface area contributed by atoms with Gasteiger partial charge in [-0.1, -0.05) is 6.07 Å². The normalized spacial score (nSPS) is 15.7. The summed E-state index contributed by atoms with van der Waals surface area (Å²) in [5, 5.41) is 22.8. The van der Waals surface area contributed by atoms with E-state index in [9.17, 15) is 14.9 Å². The molecule has 1 aliphatic carbocycles. The summed E-state index contributed by atoms with van der Waals surface area (Å²) < 4.78 is 0. The quantitative estimate of drug-likeness (QED) is 0.613. The van der Waals surface area contributed by atoms with Crippen molar-refractivity contribution in [3.05, 3.63) is 39.4 Å². The third-order valence-electron chi connectivity index (χ3n) is 3.69. The molecule has 0 saturated heterocycles. The highest BCUT2D eigenvalue weighted by Crippen LogP contribution is 2.34.